The van der Waals surface area contributed by atoms with Crippen molar-refractivity contribution in [2.24, 2.45) is 11.8 Å². The summed E-state index contributed by atoms with van der Waals surface area (Å²) in [6.07, 6.45) is 1.70. The van der Waals surface area contributed by atoms with Crippen LogP contribution in [0.5, 0.6) is 0 Å². The minimum atomic E-state index is -1.75. The summed E-state index contributed by atoms with van der Waals surface area (Å²) in [5.41, 5.74) is -1.56. The lowest BCUT2D eigenvalue weighted by Crippen LogP contribution is -2.45. The molecule has 0 saturated carbocycles. The van der Waals surface area contributed by atoms with Gasteiger partial charge in [-0.1, -0.05) is 13.0 Å². The Kier molecular flexibility index (Phi) is 6.76. The van der Waals surface area contributed by atoms with E-state index in [1.54, 1.807) is 41.0 Å². The molecule has 206 valence electrons. The first kappa shape index (κ1) is 26.6. The minimum Gasteiger partial charge on any atom is -0.447 e. The van der Waals surface area contributed by atoms with Crippen molar-refractivity contribution >= 4 is 29.3 Å². The highest BCUT2D eigenvalue weighted by molar-refractivity contribution is 6.08. The van der Waals surface area contributed by atoms with Gasteiger partial charge in [-0.05, 0) is 44.9 Å². The third kappa shape index (κ3) is 4.00. The summed E-state index contributed by atoms with van der Waals surface area (Å²) in [7, 11) is 0. The number of halogens is 1. The maximum absolute atomic E-state index is 15.9. The summed E-state index contributed by atoms with van der Waals surface area (Å²) in [5, 5.41) is 9.71. The largest absolute Gasteiger partial charge is 0.447 e. The number of hydrogen-bond donors (Lipinski definition) is 1. The zero-order valence-corrected chi connectivity index (χ0v) is 22.2. The van der Waals surface area contributed by atoms with Crippen molar-refractivity contribution in [2.75, 3.05) is 42.6 Å². The standard InChI is InChI=1S/C28H36FN3O6/c1-5-10-32-21-9-8-18(31-12-13-37-26(31)36)14-20(21)28(25(32)35)17(2)24(27(3,4)29)22(38-28)15-23(34)30-11-6-7-19(30)16-33/h5,8-9,14,17,19,22,24,33H,1,6-7,10-13,15-16H2,2-4H3/t17-,19-,22+,24-,28+/m0/s1. The number of hydrogen-bond acceptors (Lipinski definition) is 6. The number of carbonyl (C=O) groups is 3. The van der Waals surface area contributed by atoms with E-state index in [-0.39, 0.29) is 44.0 Å². The van der Waals surface area contributed by atoms with Crippen molar-refractivity contribution in [1.82, 2.24) is 4.90 Å². The lowest BCUT2D eigenvalue weighted by molar-refractivity contribution is -0.150. The predicted octanol–water partition coefficient (Wildman–Crippen LogP) is 3.14. The Balaban J connectivity index is 1.57. The van der Waals surface area contributed by atoms with Crippen LogP contribution < -0.4 is 9.80 Å². The first-order valence-corrected chi connectivity index (χ1v) is 13.3. The molecular weight excluding hydrogens is 493 g/mol. The molecule has 3 saturated heterocycles. The Morgan fingerprint density at radius 1 is 1.32 bits per heavy atom. The van der Waals surface area contributed by atoms with Gasteiger partial charge < -0.3 is 24.4 Å². The summed E-state index contributed by atoms with van der Waals surface area (Å²) in [6, 6.07) is 5.03. The fraction of sp³-hybridized carbons (Fsp3) is 0.607. The van der Waals surface area contributed by atoms with Crippen LogP contribution in [0.1, 0.15) is 45.6 Å². The van der Waals surface area contributed by atoms with E-state index in [9.17, 15) is 19.5 Å². The number of cyclic esters (lactones) is 1. The van der Waals surface area contributed by atoms with Crippen molar-refractivity contribution in [1.29, 1.82) is 0 Å². The molecule has 0 unspecified atom stereocenters. The van der Waals surface area contributed by atoms with Gasteiger partial charge in [0.2, 0.25) is 5.91 Å². The molecule has 38 heavy (non-hydrogen) atoms. The maximum atomic E-state index is 15.9. The summed E-state index contributed by atoms with van der Waals surface area (Å²) in [6.45, 7) is 9.79. The zero-order chi connectivity index (χ0) is 27.4. The molecule has 3 amide bonds. The van der Waals surface area contributed by atoms with Crippen molar-refractivity contribution < 1.29 is 33.4 Å². The van der Waals surface area contributed by atoms with Crippen LogP contribution in [0.25, 0.3) is 0 Å². The Hall–Kier alpha value is -2.98. The first-order chi connectivity index (χ1) is 18.0. The zero-order valence-electron chi connectivity index (χ0n) is 22.2. The van der Waals surface area contributed by atoms with Crippen molar-refractivity contribution in [3.8, 4) is 0 Å². The van der Waals surface area contributed by atoms with Gasteiger partial charge in [-0.15, -0.1) is 6.58 Å². The van der Waals surface area contributed by atoms with Crippen LogP contribution in [0.3, 0.4) is 0 Å². The van der Waals surface area contributed by atoms with Crippen molar-refractivity contribution in [2.45, 2.75) is 63.4 Å². The number of aliphatic hydroxyl groups is 1. The normalized spacial score (nSPS) is 30.9. The average Bonchev–Trinajstić information content (AvgIpc) is 3.62. The summed E-state index contributed by atoms with van der Waals surface area (Å²) in [5.74, 6) is -1.93. The van der Waals surface area contributed by atoms with Gasteiger partial charge in [0.25, 0.3) is 5.91 Å². The molecule has 5 atom stereocenters. The van der Waals surface area contributed by atoms with Crippen LogP contribution in [0.2, 0.25) is 0 Å². The molecule has 10 heteroatoms. The number of alkyl halides is 1. The van der Waals surface area contributed by atoms with Gasteiger partial charge in [0.15, 0.2) is 5.60 Å². The number of likely N-dealkylation sites (tertiary alicyclic amines) is 1. The Morgan fingerprint density at radius 2 is 2.08 bits per heavy atom. The van der Waals surface area contributed by atoms with E-state index in [1.165, 1.54) is 18.7 Å². The van der Waals surface area contributed by atoms with Crippen molar-refractivity contribution in [3.63, 3.8) is 0 Å². The second kappa shape index (κ2) is 9.64. The molecule has 9 nitrogen and oxygen atoms in total. The molecule has 0 bridgehead atoms. The van der Waals surface area contributed by atoms with Crippen LogP contribution >= 0.6 is 0 Å². The van der Waals surface area contributed by atoms with E-state index < -0.39 is 35.3 Å². The molecule has 5 rings (SSSR count). The van der Waals surface area contributed by atoms with E-state index in [0.717, 1.165) is 12.8 Å². The Bertz CT molecular complexity index is 1150. The molecule has 3 fully saturated rings. The van der Waals surface area contributed by atoms with Gasteiger partial charge in [0.05, 0.1) is 37.4 Å². The molecule has 4 heterocycles. The molecule has 4 aliphatic heterocycles. The average molecular weight is 530 g/mol. The van der Waals surface area contributed by atoms with E-state index in [2.05, 4.69) is 6.58 Å². The van der Waals surface area contributed by atoms with Crippen LogP contribution in [-0.4, -0.2) is 78.6 Å². The molecule has 4 aliphatic rings. The van der Waals surface area contributed by atoms with Gasteiger partial charge in [0, 0.05) is 36.2 Å². The quantitative estimate of drug-likeness (QED) is 0.545. The minimum absolute atomic E-state index is 0.0944. The highest BCUT2D eigenvalue weighted by atomic mass is 19.1. The highest BCUT2D eigenvalue weighted by Crippen LogP contribution is 2.59. The second-order valence-corrected chi connectivity index (χ2v) is 11.2. The molecule has 0 radical (unpaired) electrons. The van der Waals surface area contributed by atoms with Crippen LogP contribution in [0.4, 0.5) is 20.6 Å². The number of aliphatic hydroxyl groups excluding tert-OH is 1. The number of ether oxygens (including phenoxy) is 2. The maximum Gasteiger partial charge on any atom is 0.414 e. The number of amides is 3. The molecular formula is C28H36FN3O6. The van der Waals surface area contributed by atoms with Gasteiger partial charge in [-0.3, -0.25) is 14.5 Å². The van der Waals surface area contributed by atoms with E-state index in [1.807, 2.05) is 0 Å². The van der Waals surface area contributed by atoms with E-state index >= 15 is 4.39 Å². The lowest BCUT2D eigenvalue weighted by Gasteiger charge is -2.33. The van der Waals surface area contributed by atoms with Gasteiger partial charge in [0.1, 0.15) is 12.3 Å². The number of rotatable bonds is 7. The summed E-state index contributed by atoms with van der Waals surface area (Å²) in [4.78, 5) is 44.5. The summed E-state index contributed by atoms with van der Waals surface area (Å²) < 4.78 is 27.6. The van der Waals surface area contributed by atoms with Gasteiger partial charge in [-0.25, -0.2) is 9.18 Å². The number of benzene rings is 1. The predicted molar refractivity (Wildman–Crippen MR) is 139 cm³/mol. The van der Waals surface area contributed by atoms with E-state index in [4.69, 9.17) is 9.47 Å². The smallest absolute Gasteiger partial charge is 0.414 e. The lowest BCUT2D eigenvalue weighted by atomic mass is 9.71. The molecule has 1 spiro atoms. The van der Waals surface area contributed by atoms with E-state index in [0.29, 0.717) is 30.0 Å². The third-order valence-corrected chi connectivity index (χ3v) is 8.61. The number of carbonyl (C=O) groups excluding carboxylic acids is 3. The molecule has 1 aromatic carbocycles. The SMILES string of the molecule is C=CCN1C(=O)[C@]2(O[C@H](CC(=O)N3CCC[C@H]3CO)[C@@H](C(C)(C)F)[C@@H]2C)c2cc(N3CCOC3=O)ccc21. The topological polar surface area (TPSA) is 99.6 Å². The summed E-state index contributed by atoms with van der Waals surface area (Å²) >= 11 is 0. The molecule has 0 aliphatic carbocycles. The monoisotopic (exact) mass is 529 g/mol. The first-order valence-electron chi connectivity index (χ1n) is 13.3. The highest BCUT2D eigenvalue weighted by Gasteiger charge is 2.66. The fourth-order valence-electron chi connectivity index (χ4n) is 6.98. The third-order valence-electron chi connectivity index (χ3n) is 8.61. The molecule has 0 aromatic heterocycles. The number of nitrogens with zero attached hydrogens (tertiary/aromatic N) is 3. The fourth-order valence-corrected chi connectivity index (χ4v) is 6.98. The van der Waals surface area contributed by atoms with Crippen LogP contribution in [0.15, 0.2) is 30.9 Å². The van der Waals surface area contributed by atoms with Gasteiger partial charge in [-0.2, -0.15) is 0 Å². The number of fused-ring (bicyclic) bond motifs is 2. The molecule has 1 aromatic rings. The Labute approximate surface area is 222 Å². The van der Waals surface area contributed by atoms with Gasteiger partial charge >= 0.3 is 6.09 Å². The molecule has 1 N–H and O–H groups in total. The Morgan fingerprint density at radius 3 is 2.71 bits per heavy atom. The second-order valence-electron chi connectivity index (χ2n) is 11.2. The number of anilines is 2. The van der Waals surface area contributed by atoms with Crippen LogP contribution in [0, 0.1) is 11.8 Å². The van der Waals surface area contributed by atoms with Crippen molar-refractivity contribution in [3.05, 3.63) is 36.4 Å². The van der Waals surface area contributed by atoms with Crippen LogP contribution in [-0.2, 0) is 24.7 Å².